The number of nitriles is 2. The largest absolute Gasteiger partial charge is 0.336 e. The van der Waals surface area contributed by atoms with E-state index in [-0.39, 0.29) is 0 Å². The summed E-state index contributed by atoms with van der Waals surface area (Å²) < 4.78 is 0. The zero-order valence-electron chi connectivity index (χ0n) is 23.1. The Morgan fingerprint density at radius 1 is 0.694 bits per heavy atom. The third kappa shape index (κ3) is 8.59. The second kappa shape index (κ2) is 13.2. The highest BCUT2D eigenvalue weighted by Crippen LogP contribution is 2.23. The van der Waals surface area contributed by atoms with Crippen molar-refractivity contribution < 1.29 is 0 Å². The zero-order chi connectivity index (χ0) is 27.6. The molecule has 1 aliphatic rings. The molecular weight excluding hydrogens is 492 g/mol. The van der Waals surface area contributed by atoms with E-state index in [1.807, 2.05) is 51.6 Å². The average molecular weight is 535 g/mol. The Morgan fingerprint density at radius 2 is 1.03 bits per heavy atom. The van der Waals surface area contributed by atoms with Crippen LogP contribution in [0.1, 0.15) is 93.9 Å². The van der Waals surface area contributed by atoms with Crippen molar-refractivity contribution in [3.05, 3.63) is 0 Å². The van der Waals surface area contributed by atoms with Crippen molar-refractivity contribution in [1.29, 1.82) is 10.5 Å². The molecule has 0 aromatic carbocycles. The summed E-state index contributed by atoms with van der Waals surface area (Å²) in [5.41, 5.74) is -3.28. The molecule has 36 heavy (non-hydrogen) atoms. The van der Waals surface area contributed by atoms with Crippen molar-refractivity contribution in [2.45, 2.75) is 116 Å². The highest BCUT2D eigenvalue weighted by Gasteiger charge is 2.33. The van der Waals surface area contributed by atoms with Crippen LogP contribution in [0.25, 0.3) is 0 Å². The molecule has 0 aliphatic carbocycles. The van der Waals surface area contributed by atoms with Crippen LogP contribution in [0.5, 0.6) is 0 Å². The number of hydrogen-bond donors (Lipinski definition) is 2. The molecule has 1 saturated heterocycles. The van der Waals surface area contributed by atoms with Gasteiger partial charge < -0.3 is 10.6 Å². The van der Waals surface area contributed by atoms with Gasteiger partial charge in [-0.15, -0.1) is 0 Å². The van der Waals surface area contributed by atoms with Crippen LogP contribution < -0.4 is 10.6 Å². The summed E-state index contributed by atoms with van der Waals surface area (Å²) in [7, 11) is 0. The first-order valence-electron chi connectivity index (χ1n) is 12.7. The fourth-order valence-corrected chi connectivity index (χ4v) is 3.75. The summed E-state index contributed by atoms with van der Waals surface area (Å²) in [6.07, 6.45) is 4.32. The minimum Gasteiger partial charge on any atom is -0.336 e. The van der Waals surface area contributed by atoms with Gasteiger partial charge in [0.1, 0.15) is 11.3 Å². The monoisotopic (exact) mass is 534 g/mol. The molecule has 0 saturated carbocycles. The quantitative estimate of drug-likeness (QED) is 0.274. The molecular formula is C24H42N10S2. The van der Waals surface area contributed by atoms with E-state index in [1.165, 1.54) is 0 Å². The summed E-state index contributed by atoms with van der Waals surface area (Å²) in [6.45, 7) is 16.6. The van der Waals surface area contributed by atoms with Crippen molar-refractivity contribution in [3.63, 3.8) is 0 Å². The van der Waals surface area contributed by atoms with Crippen LogP contribution in [-0.2, 0) is 0 Å². The van der Waals surface area contributed by atoms with Gasteiger partial charge in [0.2, 0.25) is 0 Å². The fraction of sp³-hybridized carbons (Fsp3) is 0.833. The third-order valence-electron chi connectivity index (χ3n) is 6.72. The van der Waals surface area contributed by atoms with Gasteiger partial charge in [0.15, 0.2) is 21.3 Å². The van der Waals surface area contributed by atoms with E-state index in [9.17, 15) is 10.5 Å². The molecule has 0 amide bonds. The van der Waals surface area contributed by atoms with Gasteiger partial charge in [0, 0.05) is 13.1 Å². The van der Waals surface area contributed by atoms with Crippen molar-refractivity contribution in [2.75, 3.05) is 13.1 Å². The van der Waals surface area contributed by atoms with Crippen LogP contribution in [0.15, 0.2) is 20.5 Å². The Morgan fingerprint density at radius 3 is 1.28 bits per heavy atom. The molecule has 10 nitrogen and oxygen atoms in total. The van der Waals surface area contributed by atoms with Gasteiger partial charge in [-0.25, -0.2) is 0 Å². The highest BCUT2D eigenvalue weighted by atomic mass is 32.1. The van der Waals surface area contributed by atoms with Crippen LogP contribution in [0.4, 0.5) is 0 Å². The number of nitrogens with zero attached hydrogens (tertiary/aromatic N) is 8. The average Bonchev–Trinajstić information content (AvgIpc) is 2.90. The molecule has 1 heterocycles. The minimum absolute atomic E-state index is 0.486. The lowest BCUT2D eigenvalue weighted by Crippen LogP contribution is -2.62. The first kappa shape index (κ1) is 31.6. The SMILES string of the molecule is CCC(C)(C#N)N=NC(C)(CC)NC(=S)N1CCCCN1C(=S)NC(C)(CC)N=NC(C)(C#N)CC. The van der Waals surface area contributed by atoms with E-state index in [0.717, 1.165) is 12.8 Å². The second-order valence-corrected chi connectivity index (χ2v) is 10.7. The molecule has 0 bridgehead atoms. The summed E-state index contributed by atoms with van der Waals surface area (Å²) in [5, 5.41) is 48.0. The molecule has 200 valence electrons. The zero-order valence-corrected chi connectivity index (χ0v) is 24.7. The van der Waals surface area contributed by atoms with E-state index in [0.29, 0.717) is 49.0 Å². The number of azo groups is 2. The second-order valence-electron chi connectivity index (χ2n) is 9.95. The molecule has 4 atom stereocenters. The molecule has 12 heteroatoms. The first-order valence-corrected chi connectivity index (χ1v) is 13.5. The van der Waals surface area contributed by atoms with E-state index >= 15 is 0 Å². The number of hydrazine groups is 1. The third-order valence-corrected chi connectivity index (χ3v) is 7.35. The Kier molecular flexibility index (Phi) is 11.6. The highest BCUT2D eigenvalue weighted by molar-refractivity contribution is 7.80. The topological polar surface area (TPSA) is 128 Å². The Balaban J connectivity index is 3.08. The Bertz CT molecular complexity index is 851. The maximum Gasteiger partial charge on any atom is 0.190 e. The molecule has 1 rings (SSSR count). The predicted molar refractivity (Wildman–Crippen MR) is 150 cm³/mol. The molecule has 0 aromatic heterocycles. The van der Waals surface area contributed by atoms with Gasteiger partial charge in [0.05, 0.1) is 12.1 Å². The molecule has 0 aromatic rings. The molecule has 0 radical (unpaired) electrons. The van der Waals surface area contributed by atoms with Gasteiger partial charge in [-0.3, -0.25) is 10.0 Å². The van der Waals surface area contributed by atoms with E-state index in [4.69, 9.17) is 24.4 Å². The number of nitrogens with one attached hydrogen (secondary N) is 2. The number of hydrogen-bond acceptors (Lipinski definition) is 8. The Hall–Kier alpha value is -2.44. The number of thiocarbonyl (C=S) groups is 2. The van der Waals surface area contributed by atoms with E-state index < -0.39 is 22.4 Å². The lowest BCUT2D eigenvalue weighted by atomic mass is 10.0. The first-order chi connectivity index (χ1) is 16.8. The van der Waals surface area contributed by atoms with E-state index in [1.54, 1.807) is 13.8 Å². The van der Waals surface area contributed by atoms with Gasteiger partial charge in [0.25, 0.3) is 0 Å². The lowest BCUT2D eigenvalue weighted by molar-refractivity contribution is 0.0856. The minimum atomic E-state index is -0.874. The van der Waals surface area contributed by atoms with Crippen molar-refractivity contribution >= 4 is 34.7 Å². The van der Waals surface area contributed by atoms with E-state index in [2.05, 4.69) is 43.2 Å². The van der Waals surface area contributed by atoms with Crippen molar-refractivity contribution in [1.82, 2.24) is 20.7 Å². The lowest BCUT2D eigenvalue weighted by Gasteiger charge is -2.44. The Labute approximate surface area is 227 Å². The standard InChI is InChI=1S/C24H42N10S2/c1-9-21(5,17-25)29-31-23(7,11-3)27-19(35)33-15-13-14-16-34(33)20(36)28-24(8,12-4)32-30-22(6,10-2)18-26/h9-16H2,1-8H3,(H,27,35)(H,28,36). The van der Waals surface area contributed by atoms with Crippen LogP contribution in [0.2, 0.25) is 0 Å². The van der Waals surface area contributed by atoms with Gasteiger partial charge in [-0.2, -0.15) is 31.0 Å². The molecule has 1 aliphatic heterocycles. The molecule has 0 spiro atoms. The van der Waals surface area contributed by atoms with Crippen LogP contribution in [0, 0.1) is 22.7 Å². The predicted octanol–water partition coefficient (Wildman–Crippen LogP) is 5.59. The smallest absolute Gasteiger partial charge is 0.190 e. The van der Waals surface area contributed by atoms with Crippen LogP contribution in [-0.4, -0.2) is 55.7 Å². The maximum atomic E-state index is 9.44. The van der Waals surface area contributed by atoms with Crippen molar-refractivity contribution in [2.24, 2.45) is 20.5 Å². The van der Waals surface area contributed by atoms with Gasteiger partial charge in [-0.05, 0) is 90.7 Å². The fourth-order valence-electron chi connectivity index (χ4n) is 2.93. The summed E-state index contributed by atoms with van der Waals surface area (Å²) in [5.74, 6) is 0. The summed E-state index contributed by atoms with van der Waals surface area (Å²) >= 11 is 11.6. The van der Waals surface area contributed by atoms with Crippen LogP contribution in [0.3, 0.4) is 0 Å². The summed E-state index contributed by atoms with van der Waals surface area (Å²) in [4.78, 5) is 0. The van der Waals surface area contributed by atoms with Gasteiger partial charge in [-0.1, -0.05) is 27.7 Å². The summed E-state index contributed by atoms with van der Waals surface area (Å²) in [6, 6.07) is 4.44. The molecule has 4 unspecified atom stereocenters. The van der Waals surface area contributed by atoms with Crippen LogP contribution >= 0.6 is 24.4 Å². The van der Waals surface area contributed by atoms with Gasteiger partial charge >= 0.3 is 0 Å². The van der Waals surface area contributed by atoms with Crippen molar-refractivity contribution in [3.8, 4) is 12.1 Å². The normalized spacial score (nSPS) is 20.9. The number of rotatable bonds is 10. The molecule has 2 N–H and O–H groups in total. The maximum absolute atomic E-state index is 9.44. The molecule has 1 fully saturated rings.